The summed E-state index contributed by atoms with van der Waals surface area (Å²) < 4.78 is 10.3. The van der Waals surface area contributed by atoms with E-state index in [9.17, 15) is 9.59 Å². The van der Waals surface area contributed by atoms with Crippen molar-refractivity contribution in [2.24, 2.45) is 5.73 Å². The molecule has 198 valence electrons. The van der Waals surface area contributed by atoms with Gasteiger partial charge in [-0.1, -0.05) is 12.1 Å². The molecule has 0 aliphatic carbocycles. The highest BCUT2D eigenvalue weighted by atomic mass is 32.1. The van der Waals surface area contributed by atoms with Gasteiger partial charge in [-0.05, 0) is 24.3 Å². The Bertz CT molecular complexity index is 1420. The van der Waals surface area contributed by atoms with Gasteiger partial charge in [-0.15, -0.1) is 11.3 Å². The van der Waals surface area contributed by atoms with Gasteiger partial charge in [-0.3, -0.25) is 19.5 Å². The first-order valence-corrected chi connectivity index (χ1v) is 12.6. The monoisotopic (exact) mass is 535 g/mol. The summed E-state index contributed by atoms with van der Waals surface area (Å²) in [5.74, 6) is -0.353. The molecule has 0 saturated heterocycles. The standard InChI is InChI=1S/C26H29N7O4S/c1-36-12-10-33(11-13-37-2)15-19(34)30-18-5-3-4-17(14-18)22-20-21(27)23(24(28)35)38-26(20)32-25(31-22)16-6-8-29-9-7-16/h3-9,14H,10-13,15,27H2,1-2H3,(H2,28,35)(H,30,34). The molecule has 0 aliphatic rings. The van der Waals surface area contributed by atoms with Crippen LogP contribution in [0.25, 0.3) is 32.9 Å². The number of nitrogens with one attached hydrogen (secondary N) is 1. The quantitative estimate of drug-likeness (QED) is 0.248. The summed E-state index contributed by atoms with van der Waals surface area (Å²) in [6, 6.07) is 10.9. The van der Waals surface area contributed by atoms with E-state index in [1.54, 1.807) is 44.8 Å². The average molecular weight is 536 g/mol. The molecule has 11 nitrogen and oxygen atoms in total. The lowest BCUT2D eigenvalue weighted by Crippen LogP contribution is -2.37. The Morgan fingerprint density at radius 3 is 2.39 bits per heavy atom. The number of anilines is 2. The molecule has 0 bridgehead atoms. The Hall–Kier alpha value is -3.97. The Morgan fingerprint density at radius 2 is 1.74 bits per heavy atom. The second kappa shape index (κ2) is 12.5. The molecule has 5 N–H and O–H groups in total. The largest absolute Gasteiger partial charge is 0.397 e. The highest BCUT2D eigenvalue weighted by Crippen LogP contribution is 2.39. The zero-order valence-corrected chi connectivity index (χ0v) is 22.0. The van der Waals surface area contributed by atoms with Crippen LogP contribution in [0.3, 0.4) is 0 Å². The minimum absolute atomic E-state index is 0.175. The Balaban J connectivity index is 1.69. The van der Waals surface area contributed by atoms with E-state index < -0.39 is 5.91 Å². The number of fused-ring (bicyclic) bond motifs is 1. The number of pyridine rings is 1. The third-order valence-corrected chi connectivity index (χ3v) is 6.88. The predicted molar refractivity (Wildman–Crippen MR) is 148 cm³/mol. The second-order valence-electron chi connectivity index (χ2n) is 8.41. The summed E-state index contributed by atoms with van der Waals surface area (Å²) in [5, 5.41) is 3.49. The number of hydrogen-bond donors (Lipinski definition) is 3. The molecule has 0 atom stereocenters. The van der Waals surface area contributed by atoms with E-state index in [-0.39, 0.29) is 23.0 Å². The lowest BCUT2D eigenvalue weighted by molar-refractivity contribution is -0.117. The normalized spacial score (nSPS) is 11.2. The number of nitrogens with zero attached hydrogens (tertiary/aromatic N) is 4. The first kappa shape index (κ1) is 27.1. The topological polar surface area (TPSA) is 159 Å². The fraction of sp³-hybridized carbons (Fsp3) is 0.269. The summed E-state index contributed by atoms with van der Waals surface area (Å²) >= 11 is 1.12. The van der Waals surface area contributed by atoms with Crippen LogP contribution in [0.15, 0.2) is 48.8 Å². The van der Waals surface area contributed by atoms with Gasteiger partial charge in [0.15, 0.2) is 5.82 Å². The fourth-order valence-corrected chi connectivity index (χ4v) is 4.85. The van der Waals surface area contributed by atoms with Crippen molar-refractivity contribution in [2.75, 3.05) is 58.1 Å². The van der Waals surface area contributed by atoms with E-state index in [0.29, 0.717) is 59.3 Å². The van der Waals surface area contributed by atoms with Crippen LogP contribution >= 0.6 is 11.3 Å². The number of benzene rings is 1. The molecule has 0 spiro atoms. The van der Waals surface area contributed by atoms with Crippen molar-refractivity contribution >= 4 is 44.7 Å². The van der Waals surface area contributed by atoms with Crippen molar-refractivity contribution in [2.45, 2.75) is 0 Å². The zero-order valence-electron chi connectivity index (χ0n) is 21.1. The van der Waals surface area contributed by atoms with Crippen molar-refractivity contribution in [1.82, 2.24) is 19.9 Å². The Labute approximate surface area is 223 Å². The maximum Gasteiger partial charge on any atom is 0.260 e. The van der Waals surface area contributed by atoms with Gasteiger partial charge in [0.05, 0.1) is 36.5 Å². The van der Waals surface area contributed by atoms with Crippen LogP contribution in [0, 0.1) is 0 Å². The molecule has 1 aromatic carbocycles. The Kier molecular flexibility index (Phi) is 8.92. The summed E-state index contributed by atoms with van der Waals surface area (Å²) in [6.45, 7) is 2.39. The molecule has 0 unspecified atom stereocenters. The van der Waals surface area contributed by atoms with E-state index in [2.05, 4.69) is 15.3 Å². The van der Waals surface area contributed by atoms with Crippen molar-refractivity contribution in [3.8, 4) is 22.6 Å². The third-order valence-electron chi connectivity index (χ3n) is 5.76. The van der Waals surface area contributed by atoms with Gasteiger partial charge in [0.25, 0.3) is 5.91 Å². The fourth-order valence-electron chi connectivity index (χ4n) is 3.90. The molecular weight excluding hydrogens is 506 g/mol. The minimum Gasteiger partial charge on any atom is -0.397 e. The summed E-state index contributed by atoms with van der Waals surface area (Å²) in [4.78, 5) is 41.1. The van der Waals surface area contributed by atoms with Crippen LogP contribution in [0.4, 0.5) is 11.4 Å². The number of amides is 2. The summed E-state index contributed by atoms with van der Waals surface area (Å²) in [6.07, 6.45) is 3.30. The number of thiophene rings is 1. The lowest BCUT2D eigenvalue weighted by atomic mass is 10.1. The van der Waals surface area contributed by atoms with Gasteiger partial charge in [0.1, 0.15) is 9.71 Å². The number of nitrogen functional groups attached to an aromatic ring is 1. The molecule has 3 heterocycles. The van der Waals surface area contributed by atoms with E-state index in [1.165, 1.54) is 0 Å². The first-order chi connectivity index (χ1) is 18.4. The smallest absolute Gasteiger partial charge is 0.260 e. The molecule has 4 rings (SSSR count). The molecule has 38 heavy (non-hydrogen) atoms. The van der Waals surface area contributed by atoms with Crippen LogP contribution < -0.4 is 16.8 Å². The maximum atomic E-state index is 12.8. The van der Waals surface area contributed by atoms with Gasteiger partial charge >= 0.3 is 0 Å². The molecular formula is C26H29N7O4S. The summed E-state index contributed by atoms with van der Waals surface area (Å²) in [5.41, 5.74) is 14.7. The van der Waals surface area contributed by atoms with Crippen LogP contribution in [0.5, 0.6) is 0 Å². The maximum absolute atomic E-state index is 12.8. The molecule has 4 aromatic rings. The molecule has 3 aromatic heterocycles. The average Bonchev–Trinajstić information content (AvgIpc) is 3.27. The zero-order chi connectivity index (χ0) is 27.1. The van der Waals surface area contributed by atoms with E-state index in [1.807, 2.05) is 23.1 Å². The molecule has 12 heteroatoms. The van der Waals surface area contributed by atoms with Gasteiger partial charge < -0.3 is 26.3 Å². The number of carbonyl (C=O) groups excluding carboxylic acids is 2. The van der Waals surface area contributed by atoms with Crippen molar-refractivity contribution in [3.05, 3.63) is 53.7 Å². The number of ether oxygens (including phenoxy) is 2. The second-order valence-corrected chi connectivity index (χ2v) is 9.41. The van der Waals surface area contributed by atoms with Gasteiger partial charge in [-0.2, -0.15) is 0 Å². The van der Waals surface area contributed by atoms with Crippen molar-refractivity contribution in [1.29, 1.82) is 0 Å². The SMILES string of the molecule is COCCN(CCOC)CC(=O)Nc1cccc(-c2nc(-c3ccncc3)nc3sc(C(N)=O)c(N)c23)c1. The number of hydrogen-bond acceptors (Lipinski definition) is 10. The first-order valence-electron chi connectivity index (χ1n) is 11.8. The molecule has 0 aliphatic heterocycles. The Morgan fingerprint density at radius 1 is 1.03 bits per heavy atom. The third kappa shape index (κ3) is 6.29. The molecule has 0 fully saturated rings. The summed E-state index contributed by atoms with van der Waals surface area (Å²) in [7, 11) is 3.24. The highest BCUT2D eigenvalue weighted by molar-refractivity contribution is 7.21. The van der Waals surface area contributed by atoms with Crippen molar-refractivity contribution in [3.63, 3.8) is 0 Å². The number of nitrogens with two attached hydrogens (primary N) is 2. The molecule has 0 saturated carbocycles. The number of carbonyl (C=O) groups is 2. The molecule has 0 radical (unpaired) electrons. The van der Waals surface area contributed by atoms with Gasteiger partial charge in [0, 0.05) is 56.5 Å². The van der Waals surface area contributed by atoms with E-state index in [4.69, 9.17) is 25.9 Å². The minimum atomic E-state index is -0.630. The van der Waals surface area contributed by atoms with Crippen LogP contribution in [-0.2, 0) is 14.3 Å². The highest BCUT2D eigenvalue weighted by Gasteiger charge is 2.22. The number of methoxy groups -OCH3 is 2. The van der Waals surface area contributed by atoms with E-state index >= 15 is 0 Å². The number of aromatic nitrogens is 3. The van der Waals surface area contributed by atoms with Gasteiger partial charge in [0.2, 0.25) is 5.91 Å². The predicted octanol–water partition coefficient (Wildman–Crippen LogP) is 2.63. The van der Waals surface area contributed by atoms with Crippen LogP contribution in [0.2, 0.25) is 0 Å². The van der Waals surface area contributed by atoms with Gasteiger partial charge in [-0.25, -0.2) is 9.97 Å². The van der Waals surface area contributed by atoms with Crippen LogP contribution in [0.1, 0.15) is 9.67 Å². The van der Waals surface area contributed by atoms with Crippen molar-refractivity contribution < 1.29 is 19.1 Å². The number of rotatable bonds is 12. The van der Waals surface area contributed by atoms with Crippen LogP contribution in [-0.4, -0.2) is 78.7 Å². The molecule has 2 amide bonds. The lowest BCUT2D eigenvalue weighted by Gasteiger charge is -2.21. The number of primary amides is 1. The van der Waals surface area contributed by atoms with E-state index in [0.717, 1.165) is 16.9 Å².